The van der Waals surface area contributed by atoms with Crippen LogP contribution in [-0.2, 0) is 16.0 Å². The number of benzene rings is 2. The SMILES string of the molecule is CCCOc1c(Cl)cc(/C=C/C(=O)N2CCN(C(=O)Cc3cccc(OC)c3)CC2)cc1OC. The van der Waals surface area contributed by atoms with Crippen LogP contribution in [0.15, 0.2) is 42.5 Å². The van der Waals surface area contributed by atoms with E-state index in [-0.39, 0.29) is 11.8 Å². The fraction of sp³-hybridized carbons (Fsp3) is 0.385. The number of rotatable bonds is 9. The Kier molecular flexibility index (Phi) is 9.22. The number of piperazine rings is 1. The first-order valence-corrected chi connectivity index (χ1v) is 11.7. The first-order chi connectivity index (χ1) is 16.4. The number of nitrogens with zero attached hydrogens (tertiary/aromatic N) is 2. The maximum Gasteiger partial charge on any atom is 0.246 e. The Bertz CT molecular complexity index is 1030. The van der Waals surface area contributed by atoms with Crippen LogP contribution in [0.5, 0.6) is 17.2 Å². The number of carbonyl (C=O) groups is 2. The number of carbonyl (C=O) groups excluding carboxylic acids is 2. The molecule has 1 saturated heterocycles. The van der Waals surface area contributed by atoms with Crippen molar-refractivity contribution >= 4 is 29.5 Å². The van der Waals surface area contributed by atoms with Gasteiger partial charge in [0.25, 0.3) is 0 Å². The predicted octanol–water partition coefficient (Wildman–Crippen LogP) is 4.07. The molecule has 8 heteroatoms. The Morgan fingerprint density at radius 3 is 2.44 bits per heavy atom. The van der Waals surface area contributed by atoms with Crippen LogP contribution < -0.4 is 14.2 Å². The van der Waals surface area contributed by atoms with E-state index in [1.54, 1.807) is 42.2 Å². The maximum atomic E-state index is 12.7. The molecule has 1 fully saturated rings. The van der Waals surface area contributed by atoms with Crippen LogP contribution in [0.3, 0.4) is 0 Å². The van der Waals surface area contributed by atoms with E-state index < -0.39 is 0 Å². The summed E-state index contributed by atoms with van der Waals surface area (Å²) < 4.78 is 16.3. The van der Waals surface area contributed by atoms with E-state index in [4.69, 9.17) is 25.8 Å². The highest BCUT2D eigenvalue weighted by molar-refractivity contribution is 6.32. The summed E-state index contributed by atoms with van der Waals surface area (Å²) in [7, 11) is 3.16. The summed E-state index contributed by atoms with van der Waals surface area (Å²) in [5.74, 6) is 1.69. The zero-order chi connectivity index (χ0) is 24.5. The van der Waals surface area contributed by atoms with Crippen molar-refractivity contribution in [2.45, 2.75) is 19.8 Å². The highest BCUT2D eigenvalue weighted by Gasteiger charge is 2.23. The van der Waals surface area contributed by atoms with Crippen LogP contribution in [-0.4, -0.2) is 68.6 Å². The summed E-state index contributed by atoms with van der Waals surface area (Å²) in [6.45, 7) is 4.54. The quantitative estimate of drug-likeness (QED) is 0.500. The number of ether oxygens (including phenoxy) is 3. The van der Waals surface area contributed by atoms with Gasteiger partial charge in [0.05, 0.1) is 32.3 Å². The zero-order valence-electron chi connectivity index (χ0n) is 19.9. The standard InChI is InChI=1S/C26H31ClN2O5/c1-4-14-34-26-22(27)16-20(17-23(26)33-3)8-9-24(30)28-10-12-29(13-11-28)25(31)18-19-6-5-7-21(15-19)32-2/h5-9,15-17H,4,10-14,18H2,1-3H3/b9-8+. The summed E-state index contributed by atoms with van der Waals surface area (Å²) in [6, 6.07) is 11.0. The smallest absolute Gasteiger partial charge is 0.246 e. The van der Waals surface area contributed by atoms with E-state index in [9.17, 15) is 9.59 Å². The van der Waals surface area contributed by atoms with Gasteiger partial charge in [0.15, 0.2) is 11.5 Å². The Labute approximate surface area is 205 Å². The molecule has 0 atom stereocenters. The van der Waals surface area contributed by atoms with E-state index in [0.717, 1.165) is 23.3 Å². The minimum absolute atomic E-state index is 0.0445. The summed E-state index contributed by atoms with van der Waals surface area (Å²) >= 11 is 6.35. The van der Waals surface area contributed by atoms with Gasteiger partial charge in [-0.3, -0.25) is 9.59 Å². The van der Waals surface area contributed by atoms with Crippen molar-refractivity contribution < 1.29 is 23.8 Å². The zero-order valence-corrected chi connectivity index (χ0v) is 20.6. The van der Waals surface area contributed by atoms with Gasteiger partial charge in [-0.05, 0) is 47.9 Å². The molecule has 0 radical (unpaired) electrons. The third-order valence-electron chi connectivity index (χ3n) is 5.55. The Hall–Kier alpha value is -3.19. The molecule has 1 heterocycles. The van der Waals surface area contributed by atoms with Gasteiger partial charge in [-0.1, -0.05) is 30.7 Å². The van der Waals surface area contributed by atoms with Crippen molar-refractivity contribution in [3.8, 4) is 17.2 Å². The number of methoxy groups -OCH3 is 2. The van der Waals surface area contributed by atoms with Gasteiger partial charge in [-0.25, -0.2) is 0 Å². The van der Waals surface area contributed by atoms with Crippen LogP contribution in [0.4, 0.5) is 0 Å². The molecule has 0 spiro atoms. The van der Waals surface area contributed by atoms with Crippen LogP contribution in [0.1, 0.15) is 24.5 Å². The second-order valence-electron chi connectivity index (χ2n) is 7.95. The molecule has 0 unspecified atom stereocenters. The van der Waals surface area contributed by atoms with Crippen molar-refractivity contribution in [3.05, 3.63) is 58.6 Å². The van der Waals surface area contributed by atoms with E-state index in [1.807, 2.05) is 31.2 Å². The highest BCUT2D eigenvalue weighted by atomic mass is 35.5. The van der Waals surface area contributed by atoms with Gasteiger partial charge >= 0.3 is 0 Å². The molecule has 2 amide bonds. The number of hydrogen-bond donors (Lipinski definition) is 0. The molecule has 7 nitrogen and oxygen atoms in total. The van der Waals surface area contributed by atoms with Gasteiger partial charge in [-0.15, -0.1) is 0 Å². The number of hydrogen-bond acceptors (Lipinski definition) is 5. The van der Waals surface area contributed by atoms with E-state index in [0.29, 0.717) is 55.7 Å². The minimum Gasteiger partial charge on any atom is -0.497 e. The second kappa shape index (κ2) is 12.3. The molecule has 0 saturated carbocycles. The van der Waals surface area contributed by atoms with E-state index >= 15 is 0 Å². The fourth-order valence-electron chi connectivity index (χ4n) is 3.70. The lowest BCUT2D eigenvalue weighted by Gasteiger charge is -2.34. The number of halogens is 1. The molecule has 2 aromatic rings. The summed E-state index contributed by atoms with van der Waals surface area (Å²) in [5.41, 5.74) is 1.65. The van der Waals surface area contributed by atoms with Crippen LogP contribution in [0.25, 0.3) is 6.08 Å². The molecule has 0 aliphatic carbocycles. The molecule has 0 N–H and O–H groups in total. The van der Waals surface area contributed by atoms with Crippen molar-refractivity contribution in [2.24, 2.45) is 0 Å². The third-order valence-corrected chi connectivity index (χ3v) is 5.83. The molecule has 0 aromatic heterocycles. The van der Waals surface area contributed by atoms with Crippen LogP contribution >= 0.6 is 11.6 Å². The van der Waals surface area contributed by atoms with Crippen molar-refractivity contribution in [2.75, 3.05) is 47.0 Å². The Balaban J connectivity index is 1.55. The van der Waals surface area contributed by atoms with Gasteiger partial charge in [0.1, 0.15) is 5.75 Å². The second-order valence-corrected chi connectivity index (χ2v) is 8.36. The van der Waals surface area contributed by atoms with Crippen molar-refractivity contribution in [3.63, 3.8) is 0 Å². The normalized spacial score (nSPS) is 13.8. The van der Waals surface area contributed by atoms with Crippen molar-refractivity contribution in [1.82, 2.24) is 9.80 Å². The molecular weight excluding hydrogens is 456 g/mol. The van der Waals surface area contributed by atoms with Gasteiger partial charge < -0.3 is 24.0 Å². The third kappa shape index (κ3) is 6.67. The molecule has 0 bridgehead atoms. The molecule has 2 aromatic carbocycles. The lowest BCUT2D eigenvalue weighted by molar-refractivity contribution is -0.136. The maximum absolute atomic E-state index is 12.7. The van der Waals surface area contributed by atoms with Crippen LogP contribution in [0.2, 0.25) is 5.02 Å². The predicted molar refractivity (Wildman–Crippen MR) is 133 cm³/mol. The summed E-state index contributed by atoms with van der Waals surface area (Å²) in [5, 5.41) is 0.433. The lowest BCUT2D eigenvalue weighted by atomic mass is 10.1. The van der Waals surface area contributed by atoms with Crippen molar-refractivity contribution in [1.29, 1.82) is 0 Å². The highest BCUT2D eigenvalue weighted by Crippen LogP contribution is 2.36. The largest absolute Gasteiger partial charge is 0.497 e. The average Bonchev–Trinajstić information content (AvgIpc) is 2.86. The molecule has 182 valence electrons. The monoisotopic (exact) mass is 486 g/mol. The number of amides is 2. The van der Waals surface area contributed by atoms with Gasteiger partial charge in [0, 0.05) is 32.3 Å². The minimum atomic E-state index is -0.110. The van der Waals surface area contributed by atoms with E-state index in [1.165, 1.54) is 6.08 Å². The molecular formula is C26H31ClN2O5. The van der Waals surface area contributed by atoms with Gasteiger partial charge in [-0.2, -0.15) is 0 Å². The van der Waals surface area contributed by atoms with E-state index in [2.05, 4.69) is 0 Å². The average molecular weight is 487 g/mol. The molecule has 1 aliphatic heterocycles. The summed E-state index contributed by atoms with van der Waals surface area (Å²) in [4.78, 5) is 28.9. The van der Waals surface area contributed by atoms with Crippen LogP contribution in [0, 0.1) is 0 Å². The first kappa shape index (κ1) is 25.4. The Morgan fingerprint density at radius 1 is 1.03 bits per heavy atom. The topological polar surface area (TPSA) is 68.3 Å². The fourth-order valence-corrected chi connectivity index (χ4v) is 3.97. The molecule has 1 aliphatic rings. The molecule has 3 rings (SSSR count). The summed E-state index contributed by atoms with van der Waals surface area (Å²) in [6.07, 6.45) is 4.40. The molecule has 34 heavy (non-hydrogen) atoms. The lowest BCUT2D eigenvalue weighted by Crippen LogP contribution is -2.50. The first-order valence-electron chi connectivity index (χ1n) is 11.3. The van der Waals surface area contributed by atoms with Gasteiger partial charge in [0.2, 0.25) is 11.8 Å². The Morgan fingerprint density at radius 2 is 1.76 bits per heavy atom.